The first-order valence-corrected chi connectivity index (χ1v) is 10.1. The van der Waals surface area contributed by atoms with Gasteiger partial charge in [-0.15, -0.1) is 0 Å². The van der Waals surface area contributed by atoms with E-state index in [1.54, 1.807) is 36.4 Å². The summed E-state index contributed by atoms with van der Waals surface area (Å²) in [6.07, 6.45) is 0. The summed E-state index contributed by atoms with van der Waals surface area (Å²) in [7, 11) is -8.55. The van der Waals surface area contributed by atoms with Crippen molar-refractivity contribution in [3.05, 3.63) is 53.6 Å². The lowest BCUT2D eigenvalue weighted by Crippen LogP contribution is -2.32. The van der Waals surface area contributed by atoms with Gasteiger partial charge < -0.3 is 9.79 Å². The van der Waals surface area contributed by atoms with Crippen molar-refractivity contribution < 1.29 is 22.8 Å². The first-order valence-electron chi connectivity index (χ1n) is 6.53. The third-order valence-corrected chi connectivity index (χ3v) is 6.29. The fourth-order valence-corrected chi connectivity index (χ4v) is 4.00. The van der Waals surface area contributed by atoms with Gasteiger partial charge in [-0.2, -0.15) is 4.72 Å². The van der Waals surface area contributed by atoms with Gasteiger partial charge in [0.15, 0.2) is 0 Å². The Morgan fingerprint density at radius 1 is 1.00 bits per heavy atom. The fourth-order valence-electron chi connectivity index (χ4n) is 1.83. The van der Waals surface area contributed by atoms with Crippen molar-refractivity contribution in [1.82, 2.24) is 4.72 Å². The first-order chi connectivity index (χ1) is 10.6. The molecule has 0 saturated carbocycles. The van der Waals surface area contributed by atoms with Gasteiger partial charge in [-0.25, -0.2) is 8.42 Å². The van der Waals surface area contributed by atoms with Crippen molar-refractivity contribution >= 4 is 29.2 Å². The lowest BCUT2D eigenvalue weighted by Gasteiger charge is -2.15. The molecule has 0 aromatic heterocycles. The number of benzene rings is 2. The normalized spacial score (nSPS) is 13.7. The second-order valence-electron chi connectivity index (χ2n) is 4.92. The molecule has 0 heterocycles. The molecular formula is C14H15ClNO5PS. The van der Waals surface area contributed by atoms with Crippen LogP contribution in [0, 0.1) is 0 Å². The summed E-state index contributed by atoms with van der Waals surface area (Å²) in [5.74, 6) is -1.50. The highest BCUT2D eigenvalue weighted by Crippen LogP contribution is 2.39. The van der Waals surface area contributed by atoms with Crippen molar-refractivity contribution in [2.75, 3.05) is 0 Å². The molecule has 0 aliphatic heterocycles. The summed E-state index contributed by atoms with van der Waals surface area (Å²) < 4.78 is 37.3. The third-order valence-electron chi connectivity index (χ3n) is 3.17. The van der Waals surface area contributed by atoms with Gasteiger partial charge in [0.2, 0.25) is 10.0 Å². The van der Waals surface area contributed by atoms with E-state index in [9.17, 15) is 13.0 Å². The van der Waals surface area contributed by atoms with Crippen LogP contribution in [0.5, 0.6) is 0 Å². The van der Waals surface area contributed by atoms with Crippen LogP contribution < -0.4 is 4.72 Å². The highest BCUT2D eigenvalue weighted by Gasteiger charge is 2.29. The number of hydrogen-bond acceptors (Lipinski definition) is 3. The molecule has 0 bridgehead atoms. The Hall–Kier alpha value is -1.21. The monoisotopic (exact) mass is 375 g/mol. The van der Waals surface area contributed by atoms with Gasteiger partial charge in [-0.05, 0) is 42.3 Å². The second kappa shape index (κ2) is 6.73. The molecule has 2 aromatic carbocycles. The van der Waals surface area contributed by atoms with Crippen molar-refractivity contribution in [3.63, 3.8) is 0 Å². The average molecular weight is 376 g/mol. The molecule has 0 fully saturated rings. The lowest BCUT2D eigenvalue weighted by atomic mass is 10.1. The van der Waals surface area contributed by atoms with Crippen LogP contribution in [0.1, 0.15) is 6.92 Å². The zero-order chi connectivity index (χ0) is 17.3. The van der Waals surface area contributed by atoms with Crippen LogP contribution in [-0.4, -0.2) is 24.0 Å². The van der Waals surface area contributed by atoms with Crippen LogP contribution in [0.2, 0.25) is 5.02 Å². The van der Waals surface area contributed by atoms with E-state index < -0.39 is 23.4 Å². The molecule has 3 N–H and O–H groups in total. The number of nitrogens with one attached hydrogen (secondary N) is 1. The summed E-state index contributed by atoms with van der Waals surface area (Å²) >= 11 is 5.82. The maximum Gasteiger partial charge on any atom is 0.343 e. The van der Waals surface area contributed by atoms with Gasteiger partial charge in [0.05, 0.1) is 4.90 Å². The Kier molecular flexibility index (Phi) is 5.30. The minimum atomic E-state index is -4.54. The van der Waals surface area contributed by atoms with Crippen molar-refractivity contribution in [3.8, 4) is 11.1 Å². The zero-order valence-corrected chi connectivity index (χ0v) is 14.5. The Balaban J connectivity index is 2.25. The summed E-state index contributed by atoms with van der Waals surface area (Å²) in [5.41, 5.74) is 1.67. The summed E-state index contributed by atoms with van der Waals surface area (Å²) in [6.45, 7) is 1.11. The van der Waals surface area contributed by atoms with E-state index in [0.717, 1.165) is 18.1 Å². The van der Waals surface area contributed by atoms with Gasteiger partial charge in [-0.3, -0.25) is 4.57 Å². The van der Waals surface area contributed by atoms with Gasteiger partial charge in [0.25, 0.3) is 0 Å². The summed E-state index contributed by atoms with van der Waals surface area (Å²) in [4.78, 5) is 17.9. The number of halogens is 1. The Labute approximate surface area is 139 Å². The van der Waals surface area contributed by atoms with E-state index in [-0.39, 0.29) is 4.90 Å². The zero-order valence-electron chi connectivity index (χ0n) is 12.0. The molecule has 0 aliphatic rings. The fraction of sp³-hybridized carbons (Fsp3) is 0.143. The molecule has 23 heavy (non-hydrogen) atoms. The van der Waals surface area contributed by atoms with Crippen LogP contribution in [0.15, 0.2) is 53.4 Å². The van der Waals surface area contributed by atoms with E-state index in [4.69, 9.17) is 21.4 Å². The minimum Gasteiger partial charge on any atom is -0.323 e. The second-order valence-corrected chi connectivity index (χ2v) is 9.02. The third kappa shape index (κ3) is 4.64. The maximum atomic E-state index is 12.1. The van der Waals surface area contributed by atoms with Crippen LogP contribution in [-0.2, 0) is 14.6 Å². The molecule has 0 spiro atoms. The Morgan fingerprint density at radius 2 is 1.43 bits per heavy atom. The first kappa shape index (κ1) is 18.1. The van der Waals surface area contributed by atoms with Crippen LogP contribution >= 0.6 is 19.2 Å². The lowest BCUT2D eigenvalue weighted by molar-refractivity contribution is 0.357. The molecule has 2 rings (SSSR count). The number of rotatable bonds is 5. The van der Waals surface area contributed by atoms with Crippen LogP contribution in [0.3, 0.4) is 0 Å². The highest BCUT2D eigenvalue weighted by atomic mass is 35.5. The number of hydrogen-bond donors (Lipinski definition) is 3. The van der Waals surface area contributed by atoms with Gasteiger partial charge in [0, 0.05) is 5.02 Å². The highest BCUT2D eigenvalue weighted by molar-refractivity contribution is 7.89. The Bertz CT molecular complexity index is 830. The van der Waals surface area contributed by atoms with E-state index >= 15 is 0 Å². The summed E-state index contributed by atoms with van der Waals surface area (Å²) in [5, 5.41) is 0.601. The topological polar surface area (TPSA) is 104 Å². The smallest absolute Gasteiger partial charge is 0.323 e. The Morgan fingerprint density at radius 3 is 1.87 bits per heavy atom. The molecule has 2 aromatic rings. The molecular weight excluding hydrogens is 361 g/mol. The molecule has 1 unspecified atom stereocenters. The molecule has 0 saturated heterocycles. The van der Waals surface area contributed by atoms with Crippen LogP contribution in [0.25, 0.3) is 11.1 Å². The SMILES string of the molecule is CC(NS(=O)(=O)c1ccc(-c2ccc(Cl)cc2)cc1)P(=O)(O)O. The quantitative estimate of drug-likeness (QED) is 0.697. The largest absolute Gasteiger partial charge is 0.343 e. The standard InChI is InChI=1S/C14H15ClNO5PS/c1-10(22(17,18)19)16-23(20,21)14-8-4-12(5-9-14)11-2-6-13(15)7-3-11/h2-10,16H,1H3,(H2,17,18,19). The average Bonchev–Trinajstić information content (AvgIpc) is 2.47. The van der Waals surface area contributed by atoms with Gasteiger partial charge in [-0.1, -0.05) is 35.9 Å². The van der Waals surface area contributed by atoms with Crippen molar-refractivity contribution in [1.29, 1.82) is 0 Å². The maximum absolute atomic E-state index is 12.1. The molecule has 124 valence electrons. The van der Waals surface area contributed by atoms with E-state index in [0.29, 0.717) is 5.02 Å². The molecule has 0 radical (unpaired) electrons. The molecule has 0 amide bonds. The molecule has 9 heteroatoms. The van der Waals surface area contributed by atoms with Gasteiger partial charge >= 0.3 is 7.60 Å². The predicted molar refractivity (Wildman–Crippen MR) is 88.7 cm³/mol. The van der Waals surface area contributed by atoms with Crippen molar-refractivity contribution in [2.24, 2.45) is 0 Å². The van der Waals surface area contributed by atoms with Crippen molar-refractivity contribution in [2.45, 2.75) is 17.6 Å². The van der Waals surface area contributed by atoms with Gasteiger partial charge in [0.1, 0.15) is 5.78 Å². The molecule has 1 atom stereocenters. The molecule has 0 aliphatic carbocycles. The summed E-state index contributed by atoms with van der Waals surface area (Å²) in [6, 6.07) is 13.0. The van der Waals surface area contributed by atoms with Crippen LogP contribution in [0.4, 0.5) is 0 Å². The predicted octanol–water partition coefficient (Wildman–Crippen LogP) is 2.81. The van der Waals surface area contributed by atoms with E-state index in [1.165, 1.54) is 12.1 Å². The van der Waals surface area contributed by atoms with E-state index in [2.05, 4.69) is 0 Å². The van der Waals surface area contributed by atoms with E-state index in [1.807, 2.05) is 4.72 Å². The molecule has 6 nitrogen and oxygen atoms in total. The minimum absolute atomic E-state index is 0.0736. The number of sulfonamides is 1.